The molecular formula is C16H15NO2. The number of benzene rings is 2. The van der Waals surface area contributed by atoms with Gasteiger partial charge in [-0.15, -0.1) is 0 Å². The van der Waals surface area contributed by atoms with Crippen molar-refractivity contribution in [3.8, 4) is 5.75 Å². The van der Waals surface area contributed by atoms with Gasteiger partial charge < -0.3 is 10.1 Å². The lowest BCUT2D eigenvalue weighted by molar-refractivity contribution is -0.111. The minimum absolute atomic E-state index is 0.212. The van der Waals surface area contributed by atoms with Gasteiger partial charge in [0, 0.05) is 11.3 Å². The van der Waals surface area contributed by atoms with Crippen LogP contribution in [0, 0.1) is 0 Å². The van der Waals surface area contributed by atoms with Gasteiger partial charge in [0.15, 0.2) is 0 Å². The molecule has 1 amide bonds. The predicted octanol–water partition coefficient (Wildman–Crippen LogP) is 3.35. The van der Waals surface area contributed by atoms with E-state index in [1.54, 1.807) is 31.4 Å². The molecule has 0 aliphatic carbocycles. The summed E-state index contributed by atoms with van der Waals surface area (Å²) in [6.45, 7) is 3.82. The first-order valence-electron chi connectivity index (χ1n) is 5.90. The quantitative estimate of drug-likeness (QED) is 0.849. The number of ether oxygens (including phenoxy) is 1. The fourth-order valence-corrected chi connectivity index (χ4v) is 1.65. The Hall–Kier alpha value is -2.55. The van der Waals surface area contributed by atoms with E-state index in [1.807, 2.05) is 30.3 Å². The lowest BCUT2D eigenvalue weighted by Crippen LogP contribution is -2.12. The Morgan fingerprint density at radius 1 is 1.05 bits per heavy atom. The smallest absolute Gasteiger partial charge is 0.255 e. The summed E-state index contributed by atoms with van der Waals surface area (Å²) >= 11 is 0. The van der Waals surface area contributed by atoms with Crippen molar-refractivity contribution in [3.63, 3.8) is 0 Å². The van der Waals surface area contributed by atoms with Crippen molar-refractivity contribution in [1.29, 1.82) is 0 Å². The number of methoxy groups -OCH3 is 1. The average molecular weight is 253 g/mol. The zero-order chi connectivity index (χ0) is 13.7. The van der Waals surface area contributed by atoms with Gasteiger partial charge in [-0.2, -0.15) is 0 Å². The highest BCUT2D eigenvalue weighted by molar-refractivity contribution is 6.24. The van der Waals surface area contributed by atoms with Crippen LogP contribution in [-0.4, -0.2) is 13.0 Å². The van der Waals surface area contributed by atoms with Crippen LogP contribution >= 0.6 is 0 Å². The molecule has 2 rings (SSSR count). The lowest BCUT2D eigenvalue weighted by atomic mass is 10.1. The average Bonchev–Trinajstić information content (AvgIpc) is 2.48. The van der Waals surface area contributed by atoms with Crippen molar-refractivity contribution < 1.29 is 9.53 Å². The molecule has 0 fully saturated rings. The van der Waals surface area contributed by atoms with Crippen LogP contribution in [0.25, 0.3) is 5.57 Å². The van der Waals surface area contributed by atoms with E-state index in [1.165, 1.54) is 0 Å². The van der Waals surface area contributed by atoms with Crippen molar-refractivity contribution in [2.75, 3.05) is 12.4 Å². The molecule has 0 saturated carbocycles. The van der Waals surface area contributed by atoms with E-state index < -0.39 is 0 Å². The SMILES string of the molecule is C=C(C(=O)Nc1ccc(OC)cc1)c1ccccc1. The van der Waals surface area contributed by atoms with Crippen LogP contribution in [-0.2, 0) is 4.79 Å². The van der Waals surface area contributed by atoms with Crippen LogP contribution in [0.2, 0.25) is 0 Å². The Bertz CT molecular complexity index is 573. The van der Waals surface area contributed by atoms with Crippen LogP contribution in [0.4, 0.5) is 5.69 Å². The van der Waals surface area contributed by atoms with Gasteiger partial charge in [0.05, 0.1) is 7.11 Å². The Labute approximate surface area is 112 Å². The molecule has 0 saturated heterocycles. The molecular weight excluding hydrogens is 238 g/mol. The number of hydrogen-bond acceptors (Lipinski definition) is 2. The van der Waals surface area contributed by atoms with Crippen molar-refractivity contribution in [3.05, 3.63) is 66.7 Å². The molecule has 2 aromatic rings. The van der Waals surface area contributed by atoms with E-state index in [-0.39, 0.29) is 5.91 Å². The van der Waals surface area contributed by atoms with Crippen LogP contribution < -0.4 is 10.1 Å². The van der Waals surface area contributed by atoms with Crippen molar-refractivity contribution in [2.45, 2.75) is 0 Å². The second-order valence-electron chi connectivity index (χ2n) is 4.03. The van der Waals surface area contributed by atoms with Crippen LogP contribution in [0.15, 0.2) is 61.2 Å². The molecule has 0 bridgehead atoms. The number of anilines is 1. The standard InChI is InChI=1S/C16H15NO2/c1-12(13-6-4-3-5-7-13)16(18)17-14-8-10-15(19-2)11-9-14/h3-11H,1H2,2H3,(H,17,18). The molecule has 3 heteroatoms. The Morgan fingerprint density at radius 3 is 2.26 bits per heavy atom. The molecule has 1 N–H and O–H groups in total. The summed E-state index contributed by atoms with van der Waals surface area (Å²) in [7, 11) is 1.60. The molecule has 19 heavy (non-hydrogen) atoms. The maximum absolute atomic E-state index is 12.0. The van der Waals surface area contributed by atoms with Gasteiger partial charge in [-0.05, 0) is 29.8 Å². The highest BCUT2D eigenvalue weighted by Gasteiger charge is 2.09. The number of amides is 1. The number of hydrogen-bond donors (Lipinski definition) is 1. The first-order valence-corrected chi connectivity index (χ1v) is 5.90. The van der Waals surface area contributed by atoms with Gasteiger partial charge in [-0.3, -0.25) is 4.79 Å². The maximum atomic E-state index is 12.0. The van der Waals surface area contributed by atoms with Gasteiger partial charge >= 0.3 is 0 Å². The van der Waals surface area contributed by atoms with Crippen LogP contribution in [0.3, 0.4) is 0 Å². The van der Waals surface area contributed by atoms with E-state index in [9.17, 15) is 4.79 Å². The largest absolute Gasteiger partial charge is 0.497 e. The number of nitrogens with one attached hydrogen (secondary N) is 1. The molecule has 2 aromatic carbocycles. The third kappa shape index (κ3) is 3.22. The number of rotatable bonds is 4. The Morgan fingerprint density at radius 2 is 1.68 bits per heavy atom. The number of carbonyl (C=O) groups excluding carboxylic acids is 1. The molecule has 0 atom stereocenters. The van der Waals surface area contributed by atoms with E-state index in [0.717, 1.165) is 11.3 Å². The van der Waals surface area contributed by atoms with Gasteiger partial charge in [0.2, 0.25) is 0 Å². The molecule has 96 valence electrons. The summed E-state index contributed by atoms with van der Waals surface area (Å²) in [6.07, 6.45) is 0. The highest BCUT2D eigenvalue weighted by atomic mass is 16.5. The van der Waals surface area contributed by atoms with Crippen LogP contribution in [0.5, 0.6) is 5.75 Å². The van der Waals surface area contributed by atoms with Gasteiger partial charge in [-0.25, -0.2) is 0 Å². The summed E-state index contributed by atoms with van der Waals surface area (Å²) in [5, 5.41) is 2.80. The third-order valence-corrected chi connectivity index (χ3v) is 2.74. The van der Waals surface area contributed by atoms with Gasteiger partial charge in [0.1, 0.15) is 5.75 Å². The minimum atomic E-state index is -0.212. The second-order valence-corrected chi connectivity index (χ2v) is 4.03. The van der Waals surface area contributed by atoms with E-state index in [2.05, 4.69) is 11.9 Å². The summed E-state index contributed by atoms with van der Waals surface area (Å²) < 4.78 is 5.06. The fourth-order valence-electron chi connectivity index (χ4n) is 1.65. The molecule has 0 radical (unpaired) electrons. The summed E-state index contributed by atoms with van der Waals surface area (Å²) in [5.74, 6) is 0.538. The van der Waals surface area contributed by atoms with Gasteiger partial charge in [-0.1, -0.05) is 36.9 Å². The van der Waals surface area contributed by atoms with E-state index in [0.29, 0.717) is 11.3 Å². The van der Waals surface area contributed by atoms with E-state index in [4.69, 9.17) is 4.74 Å². The molecule has 0 spiro atoms. The van der Waals surface area contributed by atoms with Crippen molar-refractivity contribution >= 4 is 17.2 Å². The first-order chi connectivity index (χ1) is 9.20. The summed E-state index contributed by atoms with van der Waals surface area (Å²) in [4.78, 5) is 12.0. The van der Waals surface area contributed by atoms with Gasteiger partial charge in [0.25, 0.3) is 5.91 Å². The van der Waals surface area contributed by atoms with Crippen molar-refractivity contribution in [2.24, 2.45) is 0 Å². The highest BCUT2D eigenvalue weighted by Crippen LogP contribution is 2.18. The minimum Gasteiger partial charge on any atom is -0.497 e. The monoisotopic (exact) mass is 253 g/mol. The topological polar surface area (TPSA) is 38.3 Å². The zero-order valence-electron chi connectivity index (χ0n) is 10.7. The molecule has 3 nitrogen and oxygen atoms in total. The predicted molar refractivity (Wildman–Crippen MR) is 77.1 cm³/mol. The Kier molecular flexibility index (Phi) is 3.98. The third-order valence-electron chi connectivity index (χ3n) is 2.74. The molecule has 0 aliphatic rings. The molecule has 0 heterocycles. The molecule has 0 aliphatic heterocycles. The molecule has 0 aromatic heterocycles. The van der Waals surface area contributed by atoms with Crippen LogP contribution in [0.1, 0.15) is 5.56 Å². The number of carbonyl (C=O) groups is 1. The summed E-state index contributed by atoms with van der Waals surface area (Å²) in [6, 6.07) is 16.5. The second kappa shape index (κ2) is 5.87. The van der Waals surface area contributed by atoms with Crippen molar-refractivity contribution in [1.82, 2.24) is 0 Å². The van der Waals surface area contributed by atoms with E-state index >= 15 is 0 Å². The zero-order valence-corrected chi connectivity index (χ0v) is 10.7. The first kappa shape index (κ1) is 12.9. The Balaban J connectivity index is 2.06. The fraction of sp³-hybridized carbons (Fsp3) is 0.0625. The normalized spacial score (nSPS) is 9.74. The summed E-state index contributed by atoms with van der Waals surface area (Å²) in [5.41, 5.74) is 1.97. The lowest BCUT2D eigenvalue weighted by Gasteiger charge is -2.08. The maximum Gasteiger partial charge on any atom is 0.255 e. The molecule has 0 unspecified atom stereocenters.